The Bertz CT molecular complexity index is 675. The third-order valence-electron chi connectivity index (χ3n) is 3.40. The van der Waals surface area contributed by atoms with E-state index in [0.717, 1.165) is 47.5 Å². The standard InChI is InChI=1S/C16H23NO4S3.C2H6/c1-12-11-20-16-13(22)10-14(21-15(12)16)17(2-6-23-8-4-18)3-7-24-9-5-19;1-2/h10-11,18-19H,2-9H2,1H3;1-2H3. The Hall–Kier alpha value is -0.670. The molecule has 0 spiro atoms. The van der Waals surface area contributed by atoms with Crippen LogP contribution in [0.15, 0.2) is 21.2 Å². The molecule has 0 aliphatic rings. The number of aryl methyl sites for hydroxylation is 1. The number of hydrogen-bond donors (Lipinski definition) is 2. The SMILES string of the molecule is CC.Cc1coc2c(=S)cc(N(CCSCCO)CCSCCO)oc12. The van der Waals surface area contributed by atoms with Gasteiger partial charge in [-0.1, -0.05) is 26.1 Å². The zero-order valence-electron chi connectivity index (χ0n) is 15.7. The number of aliphatic hydroxyl groups is 2. The summed E-state index contributed by atoms with van der Waals surface area (Å²) < 4.78 is 12.1. The fourth-order valence-electron chi connectivity index (χ4n) is 2.21. The van der Waals surface area contributed by atoms with Crippen molar-refractivity contribution in [1.29, 1.82) is 0 Å². The van der Waals surface area contributed by atoms with Gasteiger partial charge in [-0.2, -0.15) is 23.5 Å². The molecule has 2 aromatic rings. The number of thioether (sulfide) groups is 2. The van der Waals surface area contributed by atoms with Crippen molar-refractivity contribution >= 4 is 52.8 Å². The van der Waals surface area contributed by atoms with E-state index in [1.54, 1.807) is 29.8 Å². The smallest absolute Gasteiger partial charge is 0.197 e. The molecule has 8 heteroatoms. The highest BCUT2D eigenvalue weighted by atomic mass is 32.2. The molecule has 0 aliphatic carbocycles. The van der Waals surface area contributed by atoms with Crippen LogP contribution in [0, 0.1) is 11.4 Å². The van der Waals surface area contributed by atoms with Gasteiger partial charge >= 0.3 is 0 Å². The van der Waals surface area contributed by atoms with Crippen LogP contribution in [-0.4, -0.2) is 59.5 Å². The summed E-state index contributed by atoms with van der Waals surface area (Å²) in [5.41, 5.74) is 2.26. The van der Waals surface area contributed by atoms with Gasteiger partial charge in [0.2, 0.25) is 0 Å². The van der Waals surface area contributed by atoms with Crippen molar-refractivity contribution in [3.8, 4) is 0 Å². The van der Waals surface area contributed by atoms with Gasteiger partial charge in [0.1, 0.15) is 0 Å². The molecule has 2 heterocycles. The quantitative estimate of drug-likeness (QED) is 0.412. The summed E-state index contributed by atoms with van der Waals surface area (Å²) in [6, 6.07) is 1.84. The highest BCUT2D eigenvalue weighted by Crippen LogP contribution is 2.28. The van der Waals surface area contributed by atoms with Gasteiger partial charge in [-0.05, 0) is 6.92 Å². The van der Waals surface area contributed by atoms with Gasteiger partial charge in [0.05, 0.1) is 24.0 Å². The molecule has 0 radical (unpaired) electrons. The van der Waals surface area contributed by atoms with E-state index >= 15 is 0 Å². The summed E-state index contributed by atoms with van der Waals surface area (Å²) in [7, 11) is 0. The number of aliphatic hydroxyl groups excluding tert-OH is 2. The first-order valence-electron chi connectivity index (χ1n) is 8.81. The van der Waals surface area contributed by atoms with E-state index in [0.29, 0.717) is 15.7 Å². The van der Waals surface area contributed by atoms with Crippen molar-refractivity contribution in [3.05, 3.63) is 22.4 Å². The average Bonchev–Trinajstić information content (AvgIpc) is 3.03. The summed E-state index contributed by atoms with van der Waals surface area (Å²) >= 11 is 8.84. The molecule has 148 valence electrons. The minimum Gasteiger partial charge on any atom is -0.459 e. The Morgan fingerprint density at radius 1 is 1.00 bits per heavy atom. The van der Waals surface area contributed by atoms with Gasteiger partial charge < -0.3 is 23.9 Å². The maximum absolute atomic E-state index is 8.91. The second-order valence-electron chi connectivity index (χ2n) is 5.18. The number of nitrogens with zero attached hydrogens (tertiary/aromatic N) is 1. The molecule has 0 saturated carbocycles. The Morgan fingerprint density at radius 3 is 2.12 bits per heavy atom. The predicted molar refractivity (Wildman–Crippen MR) is 116 cm³/mol. The third kappa shape index (κ3) is 7.15. The van der Waals surface area contributed by atoms with Gasteiger partial charge in [0.25, 0.3) is 0 Å². The van der Waals surface area contributed by atoms with Gasteiger partial charge in [0, 0.05) is 47.7 Å². The summed E-state index contributed by atoms with van der Waals surface area (Å²) in [6.45, 7) is 7.94. The minimum absolute atomic E-state index is 0.192. The summed E-state index contributed by atoms with van der Waals surface area (Å²) in [5, 5.41) is 17.8. The average molecular weight is 420 g/mol. The van der Waals surface area contributed by atoms with E-state index in [1.807, 2.05) is 26.8 Å². The molecule has 0 fully saturated rings. The molecule has 0 atom stereocenters. The van der Waals surface area contributed by atoms with Crippen molar-refractivity contribution in [2.24, 2.45) is 0 Å². The number of furan rings is 1. The van der Waals surface area contributed by atoms with Crippen LogP contribution < -0.4 is 4.90 Å². The van der Waals surface area contributed by atoms with E-state index in [4.69, 9.17) is 31.3 Å². The van der Waals surface area contributed by atoms with Crippen LogP contribution in [0.4, 0.5) is 5.88 Å². The van der Waals surface area contributed by atoms with Gasteiger partial charge in [0.15, 0.2) is 17.1 Å². The van der Waals surface area contributed by atoms with E-state index in [-0.39, 0.29) is 13.2 Å². The topological polar surface area (TPSA) is 70.0 Å². The van der Waals surface area contributed by atoms with Crippen LogP contribution in [0.3, 0.4) is 0 Å². The molecular weight excluding hydrogens is 390 g/mol. The molecule has 0 aliphatic heterocycles. The van der Waals surface area contributed by atoms with Crippen LogP contribution in [0.5, 0.6) is 0 Å². The molecule has 0 unspecified atom stereocenters. The van der Waals surface area contributed by atoms with Crippen molar-refractivity contribution in [2.45, 2.75) is 20.8 Å². The van der Waals surface area contributed by atoms with E-state index in [1.165, 1.54) is 0 Å². The van der Waals surface area contributed by atoms with E-state index in [2.05, 4.69) is 4.90 Å². The zero-order valence-corrected chi connectivity index (χ0v) is 18.1. The predicted octanol–water partition coefficient (Wildman–Crippen LogP) is 4.35. The van der Waals surface area contributed by atoms with Crippen molar-refractivity contribution in [2.75, 3.05) is 54.2 Å². The Balaban J connectivity index is 0.00000163. The van der Waals surface area contributed by atoms with E-state index < -0.39 is 0 Å². The van der Waals surface area contributed by atoms with Crippen LogP contribution in [0.2, 0.25) is 0 Å². The summed E-state index contributed by atoms with van der Waals surface area (Å²) in [5.74, 6) is 4.00. The minimum atomic E-state index is 0.192. The maximum atomic E-state index is 8.91. The van der Waals surface area contributed by atoms with Gasteiger partial charge in [-0.25, -0.2) is 0 Å². The lowest BCUT2D eigenvalue weighted by Crippen LogP contribution is -2.28. The largest absolute Gasteiger partial charge is 0.459 e. The lowest BCUT2D eigenvalue weighted by Gasteiger charge is -2.23. The number of hydrogen-bond acceptors (Lipinski definition) is 8. The van der Waals surface area contributed by atoms with Gasteiger partial charge in [-0.3, -0.25) is 0 Å². The fourth-order valence-corrected chi connectivity index (χ4v) is 3.82. The molecule has 0 saturated heterocycles. The van der Waals surface area contributed by atoms with Crippen molar-refractivity contribution < 1.29 is 19.0 Å². The first kappa shape index (κ1) is 23.4. The zero-order chi connectivity index (χ0) is 19.4. The van der Waals surface area contributed by atoms with Crippen molar-refractivity contribution in [3.63, 3.8) is 0 Å². The Morgan fingerprint density at radius 2 is 1.58 bits per heavy atom. The Kier molecular flexibility index (Phi) is 12.1. The number of rotatable bonds is 11. The van der Waals surface area contributed by atoms with Crippen LogP contribution >= 0.6 is 35.7 Å². The van der Waals surface area contributed by atoms with Crippen LogP contribution in [0.25, 0.3) is 11.2 Å². The van der Waals surface area contributed by atoms with Crippen LogP contribution in [-0.2, 0) is 0 Å². The monoisotopic (exact) mass is 419 g/mol. The number of fused-ring (bicyclic) bond motifs is 1. The molecule has 0 bridgehead atoms. The summed E-state index contributed by atoms with van der Waals surface area (Å²) in [4.78, 5) is 2.16. The molecule has 2 aromatic heterocycles. The lowest BCUT2D eigenvalue weighted by molar-refractivity contribution is 0.322. The van der Waals surface area contributed by atoms with Crippen LogP contribution in [0.1, 0.15) is 19.4 Å². The second kappa shape index (κ2) is 13.5. The van der Waals surface area contributed by atoms with E-state index in [9.17, 15) is 0 Å². The molecule has 2 N–H and O–H groups in total. The van der Waals surface area contributed by atoms with Gasteiger partial charge in [-0.15, -0.1) is 0 Å². The normalized spacial score (nSPS) is 10.7. The molecule has 2 rings (SSSR count). The molecular formula is C18H29NO4S3. The first-order chi connectivity index (χ1) is 12.7. The first-order valence-corrected chi connectivity index (χ1v) is 11.5. The maximum Gasteiger partial charge on any atom is 0.197 e. The molecule has 5 nitrogen and oxygen atoms in total. The fraction of sp³-hybridized carbons (Fsp3) is 0.611. The Labute approximate surface area is 169 Å². The highest BCUT2D eigenvalue weighted by molar-refractivity contribution is 7.99. The summed E-state index contributed by atoms with van der Waals surface area (Å²) in [6.07, 6.45) is 1.66. The molecule has 26 heavy (non-hydrogen) atoms. The molecule has 0 amide bonds. The third-order valence-corrected chi connectivity index (χ3v) is 5.59. The number of anilines is 1. The second-order valence-corrected chi connectivity index (χ2v) is 8.07. The lowest BCUT2D eigenvalue weighted by atomic mass is 10.3. The molecule has 0 aromatic carbocycles. The highest BCUT2D eigenvalue weighted by Gasteiger charge is 2.14. The van der Waals surface area contributed by atoms with Crippen molar-refractivity contribution in [1.82, 2.24) is 0 Å².